The summed E-state index contributed by atoms with van der Waals surface area (Å²) in [7, 11) is 0. The number of β-amino-alcohol motifs (C(OH)–C–C–N with tert-alkyl or cyclic N) is 1. The molecule has 0 bridgehead atoms. The highest BCUT2D eigenvalue weighted by molar-refractivity contribution is 5.78. The van der Waals surface area contributed by atoms with E-state index in [0.29, 0.717) is 32.1 Å². The molecule has 5 nitrogen and oxygen atoms in total. The van der Waals surface area contributed by atoms with Crippen LogP contribution in [0.4, 0.5) is 0 Å². The van der Waals surface area contributed by atoms with Crippen LogP contribution in [-0.2, 0) is 16.0 Å². The zero-order valence-corrected chi connectivity index (χ0v) is 13.6. The second-order valence-electron chi connectivity index (χ2n) is 6.49. The molecule has 0 spiro atoms. The monoisotopic (exact) mass is 318 g/mol. The Morgan fingerprint density at radius 2 is 1.87 bits per heavy atom. The molecule has 2 fully saturated rings. The van der Waals surface area contributed by atoms with Crippen LogP contribution in [0.5, 0.6) is 0 Å². The molecule has 1 aromatic carbocycles. The van der Waals surface area contributed by atoms with Gasteiger partial charge in [0.05, 0.1) is 12.5 Å². The number of aliphatic hydroxyl groups is 1. The van der Waals surface area contributed by atoms with Gasteiger partial charge < -0.3 is 14.7 Å². The average molecular weight is 318 g/mol. The van der Waals surface area contributed by atoms with Crippen molar-refractivity contribution in [3.8, 4) is 0 Å². The first kappa shape index (κ1) is 16.4. The highest BCUT2D eigenvalue weighted by Crippen LogP contribution is 2.17. The van der Waals surface area contributed by atoms with Gasteiger partial charge in [-0.15, -0.1) is 0 Å². The number of amides is 1. The fraction of sp³-hybridized carbons (Fsp3) is 0.611. The normalized spacial score (nSPS) is 24.4. The predicted molar refractivity (Wildman–Crippen MR) is 88.1 cm³/mol. The average Bonchev–Trinajstić information content (AvgIpc) is 2.78. The van der Waals surface area contributed by atoms with Crippen molar-refractivity contribution in [2.45, 2.75) is 31.4 Å². The maximum absolute atomic E-state index is 12.5. The summed E-state index contributed by atoms with van der Waals surface area (Å²) in [4.78, 5) is 16.7. The molecule has 23 heavy (non-hydrogen) atoms. The van der Waals surface area contributed by atoms with Crippen LogP contribution >= 0.6 is 0 Å². The van der Waals surface area contributed by atoms with E-state index in [4.69, 9.17) is 4.74 Å². The molecule has 3 rings (SSSR count). The molecule has 5 heteroatoms. The summed E-state index contributed by atoms with van der Waals surface area (Å²) in [6.07, 6.45) is 1.97. The summed E-state index contributed by atoms with van der Waals surface area (Å²) in [5.41, 5.74) is 1.03. The molecule has 0 aromatic heterocycles. The number of benzene rings is 1. The summed E-state index contributed by atoms with van der Waals surface area (Å²) in [5, 5.41) is 10.3. The number of ether oxygens (including phenoxy) is 1. The second-order valence-corrected chi connectivity index (χ2v) is 6.49. The SMILES string of the molecule is O=C(Cc1ccccc1)N1CCN(C2CCOCC2)C[C@@H](O)C1. The van der Waals surface area contributed by atoms with Crippen LogP contribution in [0, 0.1) is 0 Å². The third-order valence-electron chi connectivity index (χ3n) is 4.79. The summed E-state index contributed by atoms with van der Waals surface area (Å²) in [6.45, 7) is 4.22. The number of hydrogen-bond donors (Lipinski definition) is 1. The molecular formula is C18H26N2O3. The molecule has 0 aliphatic carbocycles. The number of rotatable bonds is 3. The standard InChI is InChI=1S/C18H26N2O3/c21-17-13-19(16-6-10-23-11-7-16)8-9-20(14-17)18(22)12-15-4-2-1-3-5-15/h1-5,16-17,21H,6-14H2/t17-/m1/s1. The van der Waals surface area contributed by atoms with Gasteiger partial charge in [-0.25, -0.2) is 0 Å². The van der Waals surface area contributed by atoms with E-state index < -0.39 is 6.10 Å². The molecular weight excluding hydrogens is 292 g/mol. The van der Waals surface area contributed by atoms with Crippen molar-refractivity contribution in [2.75, 3.05) is 39.4 Å². The van der Waals surface area contributed by atoms with E-state index in [1.807, 2.05) is 35.2 Å². The van der Waals surface area contributed by atoms with Crippen molar-refractivity contribution in [3.05, 3.63) is 35.9 Å². The minimum absolute atomic E-state index is 0.101. The van der Waals surface area contributed by atoms with Crippen molar-refractivity contribution < 1.29 is 14.6 Å². The molecule has 126 valence electrons. The van der Waals surface area contributed by atoms with Crippen LogP contribution in [0.3, 0.4) is 0 Å². The first-order valence-corrected chi connectivity index (χ1v) is 8.54. The van der Waals surface area contributed by atoms with Gasteiger partial charge in [0.25, 0.3) is 0 Å². The minimum atomic E-state index is -0.472. The number of aliphatic hydroxyl groups excluding tert-OH is 1. The lowest BCUT2D eigenvalue weighted by Crippen LogP contribution is -2.43. The van der Waals surface area contributed by atoms with Gasteiger partial charge in [0, 0.05) is 45.4 Å². The van der Waals surface area contributed by atoms with Gasteiger partial charge in [-0.2, -0.15) is 0 Å². The van der Waals surface area contributed by atoms with Gasteiger partial charge in [-0.3, -0.25) is 9.69 Å². The highest BCUT2D eigenvalue weighted by Gasteiger charge is 2.29. The second kappa shape index (κ2) is 7.90. The van der Waals surface area contributed by atoms with E-state index in [1.54, 1.807) is 0 Å². The van der Waals surface area contributed by atoms with Gasteiger partial charge in [-0.05, 0) is 18.4 Å². The topological polar surface area (TPSA) is 53.0 Å². The number of carbonyl (C=O) groups excluding carboxylic acids is 1. The van der Waals surface area contributed by atoms with E-state index in [-0.39, 0.29) is 5.91 Å². The Balaban J connectivity index is 1.58. The van der Waals surface area contributed by atoms with Gasteiger partial charge in [-0.1, -0.05) is 30.3 Å². The zero-order valence-electron chi connectivity index (χ0n) is 13.6. The Bertz CT molecular complexity index is 502. The smallest absolute Gasteiger partial charge is 0.227 e. The lowest BCUT2D eigenvalue weighted by atomic mass is 10.1. The number of carbonyl (C=O) groups is 1. The summed E-state index contributed by atoms with van der Waals surface area (Å²) in [6, 6.07) is 10.3. The van der Waals surface area contributed by atoms with Crippen LogP contribution in [0.15, 0.2) is 30.3 Å². The van der Waals surface area contributed by atoms with Crippen LogP contribution in [0.1, 0.15) is 18.4 Å². The molecule has 0 radical (unpaired) electrons. The molecule has 2 saturated heterocycles. The van der Waals surface area contributed by atoms with Gasteiger partial charge >= 0.3 is 0 Å². The minimum Gasteiger partial charge on any atom is -0.390 e. The van der Waals surface area contributed by atoms with E-state index in [9.17, 15) is 9.90 Å². The maximum atomic E-state index is 12.5. The third-order valence-corrected chi connectivity index (χ3v) is 4.79. The van der Waals surface area contributed by atoms with E-state index in [2.05, 4.69) is 4.90 Å². The summed E-state index contributed by atoms with van der Waals surface area (Å²) >= 11 is 0. The lowest BCUT2D eigenvalue weighted by Gasteiger charge is -2.33. The quantitative estimate of drug-likeness (QED) is 0.900. The van der Waals surface area contributed by atoms with Crippen molar-refractivity contribution in [3.63, 3.8) is 0 Å². The molecule has 2 heterocycles. The molecule has 1 N–H and O–H groups in total. The van der Waals surface area contributed by atoms with Crippen molar-refractivity contribution >= 4 is 5.91 Å². The molecule has 0 unspecified atom stereocenters. The van der Waals surface area contributed by atoms with E-state index in [1.165, 1.54) is 0 Å². The summed E-state index contributed by atoms with van der Waals surface area (Å²) < 4.78 is 5.42. The summed E-state index contributed by atoms with van der Waals surface area (Å²) in [5.74, 6) is 0.101. The van der Waals surface area contributed by atoms with E-state index >= 15 is 0 Å². The zero-order chi connectivity index (χ0) is 16.1. The molecule has 1 aromatic rings. The molecule has 1 atom stereocenters. The van der Waals surface area contributed by atoms with Gasteiger partial charge in [0.2, 0.25) is 5.91 Å². The number of hydrogen-bond acceptors (Lipinski definition) is 4. The van der Waals surface area contributed by atoms with Crippen LogP contribution in [-0.4, -0.2) is 72.4 Å². The van der Waals surface area contributed by atoms with E-state index in [0.717, 1.165) is 38.2 Å². The van der Waals surface area contributed by atoms with Gasteiger partial charge in [0.15, 0.2) is 0 Å². The van der Waals surface area contributed by atoms with Crippen LogP contribution < -0.4 is 0 Å². The Hall–Kier alpha value is -1.43. The lowest BCUT2D eigenvalue weighted by molar-refractivity contribution is -0.131. The fourth-order valence-electron chi connectivity index (χ4n) is 3.51. The van der Waals surface area contributed by atoms with Crippen molar-refractivity contribution in [2.24, 2.45) is 0 Å². The first-order valence-electron chi connectivity index (χ1n) is 8.54. The predicted octanol–water partition coefficient (Wildman–Crippen LogP) is 0.913. The fourth-order valence-corrected chi connectivity index (χ4v) is 3.51. The first-order chi connectivity index (χ1) is 11.2. The Morgan fingerprint density at radius 3 is 2.61 bits per heavy atom. The largest absolute Gasteiger partial charge is 0.390 e. The molecule has 1 amide bonds. The highest BCUT2D eigenvalue weighted by atomic mass is 16.5. The van der Waals surface area contributed by atoms with Crippen molar-refractivity contribution in [1.82, 2.24) is 9.80 Å². The van der Waals surface area contributed by atoms with Crippen molar-refractivity contribution in [1.29, 1.82) is 0 Å². The molecule has 2 aliphatic heterocycles. The van der Waals surface area contributed by atoms with Crippen LogP contribution in [0.2, 0.25) is 0 Å². The molecule has 2 aliphatic rings. The third kappa shape index (κ3) is 4.53. The maximum Gasteiger partial charge on any atom is 0.227 e. The Morgan fingerprint density at radius 1 is 1.13 bits per heavy atom. The number of nitrogens with zero attached hydrogens (tertiary/aromatic N) is 2. The Labute approximate surface area is 137 Å². The van der Waals surface area contributed by atoms with Gasteiger partial charge in [0.1, 0.15) is 0 Å². The van der Waals surface area contributed by atoms with Crippen LogP contribution in [0.25, 0.3) is 0 Å². The Kier molecular flexibility index (Phi) is 5.65. The molecule has 0 saturated carbocycles.